The van der Waals surface area contributed by atoms with E-state index in [0.717, 1.165) is 16.7 Å². The minimum absolute atomic E-state index is 0.0123. The van der Waals surface area contributed by atoms with Crippen molar-refractivity contribution in [1.29, 1.82) is 0 Å². The first-order valence-electron chi connectivity index (χ1n) is 9.94. The molecule has 6 nitrogen and oxygen atoms in total. The predicted molar refractivity (Wildman–Crippen MR) is 114 cm³/mol. The van der Waals surface area contributed by atoms with Crippen LogP contribution in [0.5, 0.6) is 0 Å². The number of aromatic nitrogens is 3. The minimum Gasteiger partial charge on any atom is -0.334 e. The van der Waals surface area contributed by atoms with Gasteiger partial charge < -0.3 is 9.47 Å². The van der Waals surface area contributed by atoms with Gasteiger partial charge in [0.2, 0.25) is 0 Å². The van der Waals surface area contributed by atoms with E-state index in [-0.39, 0.29) is 11.5 Å². The number of nitrogens with zero attached hydrogens (tertiary/aromatic N) is 4. The number of benzene rings is 2. The van der Waals surface area contributed by atoms with Crippen LogP contribution in [-0.2, 0) is 19.5 Å². The van der Waals surface area contributed by atoms with Crippen LogP contribution in [0.15, 0.2) is 78.0 Å². The van der Waals surface area contributed by atoms with Crippen molar-refractivity contribution in [2.24, 2.45) is 0 Å². The molecule has 0 unspecified atom stereocenters. The second-order valence-electron chi connectivity index (χ2n) is 7.48. The third-order valence-electron chi connectivity index (χ3n) is 5.53. The molecule has 30 heavy (non-hydrogen) atoms. The van der Waals surface area contributed by atoms with E-state index in [4.69, 9.17) is 0 Å². The first-order valence-corrected chi connectivity index (χ1v) is 9.94. The molecule has 0 bridgehead atoms. The van der Waals surface area contributed by atoms with Crippen LogP contribution < -0.4 is 5.56 Å². The fraction of sp³-hybridized carbons (Fsp3) is 0.167. The van der Waals surface area contributed by atoms with Gasteiger partial charge in [-0.15, -0.1) is 0 Å². The van der Waals surface area contributed by atoms with Crippen molar-refractivity contribution < 1.29 is 4.79 Å². The third kappa shape index (κ3) is 3.37. The van der Waals surface area contributed by atoms with Gasteiger partial charge in [-0.3, -0.25) is 19.6 Å². The molecule has 0 N–H and O–H groups in total. The van der Waals surface area contributed by atoms with E-state index in [9.17, 15) is 9.59 Å². The highest BCUT2D eigenvalue weighted by Gasteiger charge is 2.24. The molecule has 0 aliphatic carbocycles. The Bertz CT molecular complexity index is 1290. The van der Waals surface area contributed by atoms with Crippen molar-refractivity contribution in [2.45, 2.75) is 19.5 Å². The van der Waals surface area contributed by atoms with E-state index < -0.39 is 0 Å². The third-order valence-corrected chi connectivity index (χ3v) is 5.53. The smallest absolute Gasteiger partial charge is 0.256 e. The highest BCUT2D eigenvalue weighted by Crippen LogP contribution is 2.22. The van der Waals surface area contributed by atoms with Crippen LogP contribution in [-0.4, -0.2) is 31.9 Å². The molecular weight excluding hydrogens is 376 g/mol. The van der Waals surface area contributed by atoms with Gasteiger partial charge in [0.15, 0.2) is 0 Å². The molecule has 1 aliphatic rings. The number of amides is 1. The van der Waals surface area contributed by atoms with E-state index in [1.54, 1.807) is 29.1 Å². The van der Waals surface area contributed by atoms with Crippen molar-refractivity contribution >= 4 is 16.9 Å². The highest BCUT2D eigenvalue weighted by atomic mass is 16.2. The molecule has 0 fully saturated rings. The van der Waals surface area contributed by atoms with E-state index in [0.29, 0.717) is 42.7 Å². The van der Waals surface area contributed by atoms with E-state index in [1.165, 1.54) is 0 Å². The molecule has 2 aromatic heterocycles. The molecule has 0 atom stereocenters. The lowest BCUT2D eigenvalue weighted by Crippen LogP contribution is -2.37. The van der Waals surface area contributed by atoms with Gasteiger partial charge in [0, 0.05) is 37.7 Å². The van der Waals surface area contributed by atoms with Crippen molar-refractivity contribution in [3.05, 3.63) is 106 Å². The van der Waals surface area contributed by atoms with Crippen LogP contribution in [0, 0.1) is 0 Å². The Labute approximate surface area is 173 Å². The average molecular weight is 396 g/mol. The first-order chi connectivity index (χ1) is 14.7. The van der Waals surface area contributed by atoms with Crippen LogP contribution in [0.4, 0.5) is 0 Å². The summed E-state index contributed by atoms with van der Waals surface area (Å²) < 4.78 is 1.71. The lowest BCUT2D eigenvalue weighted by molar-refractivity contribution is 0.0736. The summed E-state index contributed by atoms with van der Waals surface area (Å²) in [6.07, 6.45) is 5.79. The topological polar surface area (TPSA) is 68.1 Å². The van der Waals surface area contributed by atoms with Crippen molar-refractivity contribution in [1.82, 2.24) is 19.4 Å². The Balaban J connectivity index is 1.44. The van der Waals surface area contributed by atoms with Crippen molar-refractivity contribution in [3.8, 4) is 0 Å². The molecule has 2 aromatic carbocycles. The lowest BCUT2D eigenvalue weighted by Gasteiger charge is -2.29. The normalized spacial score (nSPS) is 13.3. The van der Waals surface area contributed by atoms with E-state index >= 15 is 0 Å². The summed E-state index contributed by atoms with van der Waals surface area (Å²) in [7, 11) is 0. The molecule has 0 spiro atoms. The number of hydrogen-bond donors (Lipinski definition) is 0. The van der Waals surface area contributed by atoms with Crippen LogP contribution in [0.1, 0.15) is 27.0 Å². The predicted octanol–water partition coefficient (Wildman–Crippen LogP) is 3.04. The molecule has 0 radical (unpaired) electrons. The minimum atomic E-state index is -0.0624. The summed E-state index contributed by atoms with van der Waals surface area (Å²) >= 11 is 0. The molecular formula is C24H20N4O2. The molecule has 0 saturated carbocycles. The number of rotatable bonds is 3. The van der Waals surface area contributed by atoms with Gasteiger partial charge in [-0.1, -0.05) is 36.4 Å². The number of hydrogen-bond acceptors (Lipinski definition) is 4. The summed E-state index contributed by atoms with van der Waals surface area (Å²) in [5.74, 6) is -0.0624. The Morgan fingerprint density at radius 1 is 0.967 bits per heavy atom. The van der Waals surface area contributed by atoms with Gasteiger partial charge in [0.05, 0.1) is 17.6 Å². The summed E-state index contributed by atoms with van der Waals surface area (Å²) in [5.41, 5.74) is 4.96. The van der Waals surface area contributed by atoms with Gasteiger partial charge >= 0.3 is 0 Å². The maximum Gasteiger partial charge on any atom is 0.256 e. The molecule has 1 amide bonds. The number of fused-ring (bicyclic) bond motifs is 2. The zero-order valence-electron chi connectivity index (χ0n) is 16.4. The lowest BCUT2D eigenvalue weighted by atomic mass is 10.0. The largest absolute Gasteiger partial charge is 0.334 e. The molecule has 0 saturated heterocycles. The van der Waals surface area contributed by atoms with E-state index in [1.807, 2.05) is 53.6 Å². The fourth-order valence-corrected chi connectivity index (χ4v) is 3.99. The quantitative estimate of drug-likeness (QED) is 0.534. The SMILES string of the molecule is O=C(c1cccc2nccnc12)N1CCc2cc(=O)n(Cc3ccccc3)cc2C1. The number of pyridine rings is 1. The van der Waals surface area contributed by atoms with Crippen LogP contribution in [0.2, 0.25) is 0 Å². The fourth-order valence-electron chi connectivity index (χ4n) is 3.99. The average Bonchev–Trinajstić information content (AvgIpc) is 2.79. The van der Waals surface area contributed by atoms with Crippen molar-refractivity contribution in [3.63, 3.8) is 0 Å². The Morgan fingerprint density at radius 3 is 2.67 bits per heavy atom. The number of para-hydroxylation sites is 1. The summed E-state index contributed by atoms with van der Waals surface area (Å²) in [6, 6.07) is 17.1. The number of carbonyl (C=O) groups is 1. The van der Waals surface area contributed by atoms with Gasteiger partial charge in [-0.2, -0.15) is 0 Å². The van der Waals surface area contributed by atoms with E-state index in [2.05, 4.69) is 9.97 Å². The monoisotopic (exact) mass is 396 g/mol. The maximum absolute atomic E-state index is 13.3. The van der Waals surface area contributed by atoms with Crippen LogP contribution >= 0.6 is 0 Å². The Hall–Kier alpha value is -3.80. The molecule has 4 aromatic rings. The van der Waals surface area contributed by atoms with Gasteiger partial charge in [0.1, 0.15) is 5.52 Å². The molecule has 148 valence electrons. The summed E-state index contributed by atoms with van der Waals surface area (Å²) in [5, 5.41) is 0. The standard InChI is InChI=1S/C24H20N4O2/c29-22-13-18-9-12-27(15-19(18)16-28(22)14-17-5-2-1-3-6-17)24(30)20-7-4-8-21-23(20)26-11-10-25-21/h1-8,10-11,13,16H,9,12,14-15H2. The number of carbonyl (C=O) groups excluding carboxylic acids is 1. The molecule has 1 aliphatic heterocycles. The van der Waals surface area contributed by atoms with Gasteiger partial charge in [-0.25, -0.2) is 0 Å². The molecule has 3 heterocycles. The summed E-state index contributed by atoms with van der Waals surface area (Å²) in [4.78, 5) is 36.3. The zero-order chi connectivity index (χ0) is 20.5. The maximum atomic E-state index is 13.3. The van der Waals surface area contributed by atoms with Crippen LogP contribution in [0.3, 0.4) is 0 Å². The molecule has 6 heteroatoms. The zero-order valence-corrected chi connectivity index (χ0v) is 16.4. The Kier molecular flexibility index (Phi) is 4.59. The Morgan fingerprint density at radius 2 is 1.80 bits per heavy atom. The van der Waals surface area contributed by atoms with Crippen LogP contribution in [0.25, 0.3) is 11.0 Å². The van der Waals surface area contributed by atoms with Gasteiger partial charge in [-0.05, 0) is 35.2 Å². The second-order valence-corrected chi connectivity index (χ2v) is 7.48. The first kappa shape index (κ1) is 18.2. The van der Waals surface area contributed by atoms with Crippen molar-refractivity contribution in [2.75, 3.05) is 6.54 Å². The summed E-state index contributed by atoms with van der Waals surface area (Å²) in [6.45, 7) is 1.56. The van der Waals surface area contributed by atoms with Gasteiger partial charge in [0.25, 0.3) is 11.5 Å². The second kappa shape index (κ2) is 7.55. The highest BCUT2D eigenvalue weighted by molar-refractivity contribution is 6.04. The molecule has 5 rings (SSSR count).